The van der Waals surface area contributed by atoms with Crippen molar-refractivity contribution >= 4 is 5.88 Å². The second-order valence-electron chi connectivity index (χ2n) is 8.20. The third-order valence-electron chi connectivity index (χ3n) is 5.84. The molecular weight excluding hydrogens is 376 g/mol. The zero-order chi connectivity index (χ0) is 21.0. The SMILES string of the molecule is CCCCCCCCCC(OC)c1nc(Cc2ccccc2)c(N2CCOCC2)o1. The number of aromatic nitrogens is 1. The van der Waals surface area contributed by atoms with Crippen LogP contribution < -0.4 is 4.90 Å². The van der Waals surface area contributed by atoms with Crippen molar-refractivity contribution in [3.8, 4) is 0 Å². The van der Waals surface area contributed by atoms with E-state index < -0.39 is 0 Å². The average Bonchev–Trinajstić information content (AvgIpc) is 3.20. The number of anilines is 1. The maximum atomic E-state index is 6.32. The van der Waals surface area contributed by atoms with Crippen molar-refractivity contribution in [2.45, 2.75) is 70.8 Å². The van der Waals surface area contributed by atoms with Crippen molar-refractivity contribution in [3.05, 3.63) is 47.5 Å². The standard InChI is InChI=1S/C25H38N2O3/c1-3-4-5-6-7-8-12-15-23(28-2)24-26-22(20-21-13-10-9-11-14-21)25(30-24)27-16-18-29-19-17-27/h9-11,13-14,23H,3-8,12,15-20H2,1-2H3. The number of rotatable bonds is 13. The van der Waals surface area contributed by atoms with Gasteiger partial charge in [-0.3, -0.25) is 0 Å². The Bertz CT molecular complexity index is 710. The van der Waals surface area contributed by atoms with Crippen LogP contribution in [0.2, 0.25) is 0 Å². The Morgan fingerprint density at radius 3 is 2.40 bits per heavy atom. The first-order valence-corrected chi connectivity index (χ1v) is 11.7. The molecule has 0 amide bonds. The Morgan fingerprint density at radius 1 is 1.00 bits per heavy atom. The molecule has 0 N–H and O–H groups in total. The molecule has 166 valence electrons. The molecule has 1 atom stereocenters. The summed E-state index contributed by atoms with van der Waals surface area (Å²) >= 11 is 0. The number of methoxy groups -OCH3 is 1. The number of unbranched alkanes of at least 4 members (excludes halogenated alkanes) is 6. The molecule has 0 aliphatic carbocycles. The minimum Gasteiger partial charge on any atom is -0.422 e. The molecule has 0 saturated carbocycles. The first-order valence-electron chi connectivity index (χ1n) is 11.7. The summed E-state index contributed by atoms with van der Waals surface area (Å²) in [6.07, 6.45) is 10.7. The third kappa shape index (κ3) is 6.85. The number of hydrogen-bond donors (Lipinski definition) is 0. The minimum atomic E-state index is -0.0787. The number of nitrogens with zero attached hydrogens (tertiary/aromatic N) is 2. The summed E-state index contributed by atoms with van der Waals surface area (Å²) in [6, 6.07) is 10.5. The number of ether oxygens (including phenoxy) is 2. The van der Waals surface area contributed by atoms with E-state index >= 15 is 0 Å². The highest BCUT2D eigenvalue weighted by Crippen LogP contribution is 2.31. The van der Waals surface area contributed by atoms with Gasteiger partial charge in [-0.25, -0.2) is 4.98 Å². The van der Waals surface area contributed by atoms with E-state index in [0.29, 0.717) is 0 Å². The van der Waals surface area contributed by atoms with Crippen molar-refractivity contribution in [3.63, 3.8) is 0 Å². The van der Waals surface area contributed by atoms with Gasteiger partial charge in [-0.1, -0.05) is 82.2 Å². The maximum Gasteiger partial charge on any atom is 0.226 e. The molecule has 1 saturated heterocycles. The Labute approximate surface area is 181 Å². The number of morpholine rings is 1. The van der Waals surface area contributed by atoms with Crippen LogP contribution in [0.1, 0.15) is 81.5 Å². The summed E-state index contributed by atoms with van der Waals surface area (Å²) in [4.78, 5) is 7.18. The molecule has 1 aromatic carbocycles. The molecule has 1 fully saturated rings. The van der Waals surface area contributed by atoms with Gasteiger partial charge in [0.15, 0.2) is 0 Å². The van der Waals surface area contributed by atoms with E-state index in [1.54, 1.807) is 7.11 Å². The molecule has 1 unspecified atom stereocenters. The molecule has 3 rings (SSSR count). The van der Waals surface area contributed by atoms with Crippen LogP contribution in [0.15, 0.2) is 34.7 Å². The van der Waals surface area contributed by atoms with Gasteiger partial charge in [0.25, 0.3) is 0 Å². The number of oxazole rings is 1. The largest absolute Gasteiger partial charge is 0.422 e. The summed E-state index contributed by atoms with van der Waals surface area (Å²) in [5.74, 6) is 1.61. The molecule has 1 aliphatic rings. The van der Waals surface area contributed by atoms with Gasteiger partial charge in [0.2, 0.25) is 11.8 Å². The van der Waals surface area contributed by atoms with E-state index in [-0.39, 0.29) is 6.10 Å². The molecule has 5 heteroatoms. The molecule has 2 aromatic rings. The van der Waals surface area contributed by atoms with Crippen LogP contribution in [0.3, 0.4) is 0 Å². The first kappa shape index (κ1) is 22.8. The zero-order valence-electron chi connectivity index (χ0n) is 18.8. The van der Waals surface area contributed by atoms with Gasteiger partial charge in [0, 0.05) is 26.6 Å². The van der Waals surface area contributed by atoms with Crippen molar-refractivity contribution in [1.29, 1.82) is 0 Å². The van der Waals surface area contributed by atoms with E-state index in [4.69, 9.17) is 18.9 Å². The van der Waals surface area contributed by atoms with Crippen molar-refractivity contribution in [1.82, 2.24) is 4.98 Å². The normalized spacial score (nSPS) is 15.5. The quantitative estimate of drug-likeness (QED) is 0.380. The van der Waals surface area contributed by atoms with E-state index in [1.165, 1.54) is 44.1 Å². The fourth-order valence-corrected chi connectivity index (χ4v) is 4.05. The predicted molar refractivity (Wildman–Crippen MR) is 121 cm³/mol. The average molecular weight is 415 g/mol. The maximum absolute atomic E-state index is 6.32. The molecule has 0 spiro atoms. The van der Waals surface area contributed by atoms with Gasteiger partial charge < -0.3 is 18.8 Å². The topological polar surface area (TPSA) is 47.7 Å². The van der Waals surface area contributed by atoms with Crippen LogP contribution >= 0.6 is 0 Å². The highest BCUT2D eigenvalue weighted by atomic mass is 16.5. The third-order valence-corrected chi connectivity index (χ3v) is 5.84. The van der Waals surface area contributed by atoms with Gasteiger partial charge in [-0.15, -0.1) is 0 Å². The first-order chi connectivity index (χ1) is 14.8. The van der Waals surface area contributed by atoms with Crippen LogP contribution in [0.25, 0.3) is 0 Å². The van der Waals surface area contributed by atoms with Crippen LogP contribution in [0, 0.1) is 0 Å². The van der Waals surface area contributed by atoms with Gasteiger partial charge in [-0.05, 0) is 12.0 Å². The molecule has 1 aliphatic heterocycles. The highest BCUT2D eigenvalue weighted by molar-refractivity contribution is 5.44. The monoisotopic (exact) mass is 414 g/mol. The summed E-state index contributed by atoms with van der Waals surface area (Å²) in [5.41, 5.74) is 2.24. The minimum absolute atomic E-state index is 0.0787. The lowest BCUT2D eigenvalue weighted by Crippen LogP contribution is -2.36. The summed E-state index contributed by atoms with van der Waals surface area (Å²) in [6.45, 7) is 5.40. The second-order valence-corrected chi connectivity index (χ2v) is 8.20. The number of benzene rings is 1. The molecule has 1 aromatic heterocycles. The van der Waals surface area contributed by atoms with E-state index in [2.05, 4.69) is 36.1 Å². The summed E-state index contributed by atoms with van der Waals surface area (Å²) < 4.78 is 17.6. The van der Waals surface area contributed by atoms with Gasteiger partial charge in [-0.2, -0.15) is 0 Å². The van der Waals surface area contributed by atoms with Gasteiger partial charge >= 0.3 is 0 Å². The smallest absolute Gasteiger partial charge is 0.226 e. The zero-order valence-corrected chi connectivity index (χ0v) is 18.8. The fourth-order valence-electron chi connectivity index (χ4n) is 4.05. The van der Waals surface area contributed by atoms with Gasteiger partial charge in [0.05, 0.1) is 13.2 Å². The van der Waals surface area contributed by atoms with Gasteiger partial charge in [0.1, 0.15) is 11.8 Å². The second kappa shape index (κ2) is 12.8. The Balaban J connectivity index is 1.65. The molecule has 2 heterocycles. The van der Waals surface area contributed by atoms with Crippen molar-refractivity contribution in [2.24, 2.45) is 0 Å². The van der Waals surface area contributed by atoms with Crippen LogP contribution in [-0.4, -0.2) is 38.4 Å². The van der Waals surface area contributed by atoms with Crippen LogP contribution in [0.5, 0.6) is 0 Å². The Kier molecular flexibility index (Phi) is 9.71. The fraction of sp³-hybridized carbons (Fsp3) is 0.640. The molecule has 30 heavy (non-hydrogen) atoms. The van der Waals surface area contributed by atoms with E-state index in [1.807, 2.05) is 6.07 Å². The Hall–Kier alpha value is -1.85. The van der Waals surface area contributed by atoms with E-state index in [9.17, 15) is 0 Å². The number of hydrogen-bond acceptors (Lipinski definition) is 5. The van der Waals surface area contributed by atoms with E-state index in [0.717, 1.165) is 63.0 Å². The molecular formula is C25H38N2O3. The van der Waals surface area contributed by atoms with Crippen LogP contribution in [-0.2, 0) is 15.9 Å². The van der Waals surface area contributed by atoms with Crippen molar-refractivity contribution < 1.29 is 13.9 Å². The predicted octanol–water partition coefficient (Wildman–Crippen LogP) is 5.93. The molecule has 0 bridgehead atoms. The lowest BCUT2D eigenvalue weighted by Gasteiger charge is -2.26. The molecule has 0 radical (unpaired) electrons. The lowest BCUT2D eigenvalue weighted by molar-refractivity contribution is 0.0695. The summed E-state index contributed by atoms with van der Waals surface area (Å²) in [7, 11) is 1.77. The Morgan fingerprint density at radius 2 is 1.70 bits per heavy atom. The van der Waals surface area contributed by atoms with Crippen molar-refractivity contribution in [2.75, 3.05) is 38.3 Å². The molecule has 5 nitrogen and oxygen atoms in total. The highest BCUT2D eigenvalue weighted by Gasteiger charge is 2.25. The summed E-state index contributed by atoms with van der Waals surface area (Å²) in [5, 5.41) is 0. The lowest BCUT2D eigenvalue weighted by atomic mass is 10.1. The van der Waals surface area contributed by atoms with Crippen LogP contribution in [0.4, 0.5) is 5.88 Å².